The standard InChI is InChI=1S/C10H10BrNO/c11-10-5-1-3-9(7-10)4-2-6-12-8-13/h1,3,5,7H,2,4,6H2. The summed E-state index contributed by atoms with van der Waals surface area (Å²) in [6, 6.07) is 8.13. The molecule has 0 fully saturated rings. The van der Waals surface area contributed by atoms with Crippen LogP contribution in [-0.2, 0) is 11.2 Å². The first kappa shape index (κ1) is 10.2. The van der Waals surface area contributed by atoms with Crippen molar-refractivity contribution in [2.45, 2.75) is 12.8 Å². The van der Waals surface area contributed by atoms with Crippen LogP contribution in [0.5, 0.6) is 0 Å². The van der Waals surface area contributed by atoms with Crippen LogP contribution < -0.4 is 0 Å². The van der Waals surface area contributed by atoms with Crippen molar-refractivity contribution in [2.24, 2.45) is 4.99 Å². The molecular weight excluding hydrogens is 230 g/mol. The van der Waals surface area contributed by atoms with Gasteiger partial charge in [0.2, 0.25) is 6.08 Å². The molecule has 2 nitrogen and oxygen atoms in total. The van der Waals surface area contributed by atoms with Gasteiger partial charge in [-0.2, -0.15) is 0 Å². The highest BCUT2D eigenvalue weighted by molar-refractivity contribution is 9.10. The summed E-state index contributed by atoms with van der Waals surface area (Å²) in [5.74, 6) is 0. The van der Waals surface area contributed by atoms with Gasteiger partial charge in [0.1, 0.15) is 0 Å². The Balaban J connectivity index is 2.40. The summed E-state index contributed by atoms with van der Waals surface area (Å²) in [6.07, 6.45) is 3.37. The molecule has 13 heavy (non-hydrogen) atoms. The van der Waals surface area contributed by atoms with E-state index in [-0.39, 0.29) is 0 Å². The molecule has 0 atom stereocenters. The zero-order valence-corrected chi connectivity index (χ0v) is 8.75. The van der Waals surface area contributed by atoms with E-state index in [0.29, 0.717) is 6.54 Å². The van der Waals surface area contributed by atoms with Gasteiger partial charge in [0.05, 0.1) is 6.54 Å². The van der Waals surface area contributed by atoms with Crippen molar-refractivity contribution in [3.05, 3.63) is 34.3 Å². The van der Waals surface area contributed by atoms with E-state index in [9.17, 15) is 4.79 Å². The van der Waals surface area contributed by atoms with Crippen molar-refractivity contribution in [2.75, 3.05) is 6.54 Å². The minimum absolute atomic E-state index is 0.565. The van der Waals surface area contributed by atoms with Crippen LogP contribution in [0.15, 0.2) is 33.7 Å². The Kier molecular flexibility index (Phi) is 4.44. The lowest BCUT2D eigenvalue weighted by Gasteiger charge is -1.98. The fraction of sp³-hybridized carbons (Fsp3) is 0.300. The summed E-state index contributed by atoms with van der Waals surface area (Å²) in [5, 5.41) is 0. The normalized spacial score (nSPS) is 9.31. The van der Waals surface area contributed by atoms with Crippen LogP contribution in [-0.4, -0.2) is 12.6 Å². The highest BCUT2D eigenvalue weighted by Crippen LogP contribution is 2.12. The third kappa shape index (κ3) is 4.02. The van der Waals surface area contributed by atoms with Crippen LogP contribution >= 0.6 is 15.9 Å². The van der Waals surface area contributed by atoms with E-state index >= 15 is 0 Å². The van der Waals surface area contributed by atoms with Gasteiger partial charge in [-0.05, 0) is 30.5 Å². The minimum atomic E-state index is 0.565. The van der Waals surface area contributed by atoms with Crippen LogP contribution in [0.4, 0.5) is 0 Å². The molecule has 0 aliphatic rings. The number of rotatable bonds is 4. The molecule has 0 aliphatic carbocycles. The SMILES string of the molecule is O=C=NCCCc1cccc(Br)c1. The maximum absolute atomic E-state index is 9.77. The predicted molar refractivity (Wildman–Crippen MR) is 55.5 cm³/mol. The highest BCUT2D eigenvalue weighted by atomic mass is 79.9. The quantitative estimate of drug-likeness (QED) is 0.452. The number of aliphatic imine (C=N–C) groups is 1. The van der Waals surface area contributed by atoms with Crippen LogP contribution in [0, 0.1) is 0 Å². The molecule has 0 heterocycles. The number of benzene rings is 1. The van der Waals surface area contributed by atoms with Gasteiger partial charge in [-0.1, -0.05) is 28.1 Å². The second-order valence-electron chi connectivity index (χ2n) is 2.71. The van der Waals surface area contributed by atoms with Gasteiger partial charge in [0.15, 0.2) is 0 Å². The van der Waals surface area contributed by atoms with Gasteiger partial charge >= 0.3 is 0 Å². The van der Waals surface area contributed by atoms with Gasteiger partial charge < -0.3 is 0 Å². The zero-order valence-electron chi connectivity index (χ0n) is 7.16. The molecule has 0 radical (unpaired) electrons. The summed E-state index contributed by atoms with van der Waals surface area (Å²) in [7, 11) is 0. The average Bonchev–Trinajstić information content (AvgIpc) is 2.13. The Morgan fingerprint density at radius 2 is 2.31 bits per heavy atom. The summed E-state index contributed by atoms with van der Waals surface area (Å²) in [4.78, 5) is 13.3. The molecule has 0 amide bonds. The number of carbonyl (C=O) groups excluding carboxylic acids is 1. The molecule has 0 bridgehead atoms. The Morgan fingerprint density at radius 1 is 1.46 bits per heavy atom. The molecule has 0 unspecified atom stereocenters. The fourth-order valence-electron chi connectivity index (χ4n) is 1.10. The zero-order chi connectivity index (χ0) is 9.52. The molecule has 1 rings (SSSR count). The smallest absolute Gasteiger partial charge is 0.211 e. The number of nitrogens with zero attached hydrogens (tertiary/aromatic N) is 1. The number of aryl methyl sites for hydroxylation is 1. The summed E-state index contributed by atoms with van der Waals surface area (Å²) in [5.41, 5.74) is 1.26. The van der Waals surface area contributed by atoms with E-state index in [4.69, 9.17) is 0 Å². The number of halogens is 1. The Labute approximate surface area is 85.8 Å². The van der Waals surface area contributed by atoms with Crippen molar-refractivity contribution >= 4 is 22.0 Å². The van der Waals surface area contributed by atoms with Gasteiger partial charge in [0.25, 0.3) is 0 Å². The lowest BCUT2D eigenvalue weighted by atomic mass is 10.1. The summed E-state index contributed by atoms with van der Waals surface area (Å²) >= 11 is 3.40. The fourth-order valence-corrected chi connectivity index (χ4v) is 1.55. The van der Waals surface area contributed by atoms with Gasteiger partial charge in [-0.25, -0.2) is 9.79 Å². The van der Waals surface area contributed by atoms with Gasteiger partial charge in [0, 0.05) is 4.47 Å². The number of isocyanates is 1. The van der Waals surface area contributed by atoms with E-state index in [1.807, 2.05) is 12.1 Å². The average molecular weight is 240 g/mol. The van der Waals surface area contributed by atoms with Gasteiger partial charge in [-0.15, -0.1) is 0 Å². The highest BCUT2D eigenvalue weighted by Gasteiger charge is 1.93. The predicted octanol–water partition coefficient (Wildman–Crippen LogP) is 2.72. The first-order valence-corrected chi connectivity index (χ1v) is 4.90. The second-order valence-corrected chi connectivity index (χ2v) is 3.62. The van der Waals surface area contributed by atoms with E-state index in [2.05, 4.69) is 33.1 Å². The number of hydrogen-bond donors (Lipinski definition) is 0. The molecule has 1 aromatic rings. The van der Waals surface area contributed by atoms with Crippen LogP contribution in [0.3, 0.4) is 0 Å². The number of hydrogen-bond acceptors (Lipinski definition) is 2. The van der Waals surface area contributed by atoms with Crippen molar-refractivity contribution < 1.29 is 4.79 Å². The summed E-state index contributed by atoms with van der Waals surface area (Å²) < 4.78 is 1.09. The van der Waals surface area contributed by atoms with Crippen LogP contribution in [0.2, 0.25) is 0 Å². The first-order chi connectivity index (χ1) is 6.33. The Bertz CT molecular complexity index is 318. The van der Waals surface area contributed by atoms with Gasteiger partial charge in [-0.3, -0.25) is 0 Å². The van der Waals surface area contributed by atoms with Crippen LogP contribution in [0.1, 0.15) is 12.0 Å². The monoisotopic (exact) mass is 239 g/mol. The maximum Gasteiger partial charge on any atom is 0.234 e. The molecule has 0 saturated carbocycles. The molecular formula is C10H10BrNO. The Hall–Kier alpha value is -0.920. The molecule has 0 saturated heterocycles. The third-order valence-electron chi connectivity index (χ3n) is 1.69. The van der Waals surface area contributed by atoms with E-state index in [1.165, 1.54) is 11.6 Å². The lowest BCUT2D eigenvalue weighted by Crippen LogP contribution is -1.87. The topological polar surface area (TPSA) is 29.4 Å². The molecule has 68 valence electrons. The second kappa shape index (κ2) is 5.68. The van der Waals surface area contributed by atoms with E-state index in [1.54, 1.807) is 0 Å². The summed E-state index contributed by atoms with van der Waals surface area (Å²) in [6.45, 7) is 0.565. The van der Waals surface area contributed by atoms with Crippen molar-refractivity contribution in [1.29, 1.82) is 0 Å². The van der Waals surface area contributed by atoms with Crippen molar-refractivity contribution in [1.82, 2.24) is 0 Å². The minimum Gasteiger partial charge on any atom is -0.211 e. The molecule has 0 aromatic heterocycles. The molecule has 0 aliphatic heterocycles. The lowest BCUT2D eigenvalue weighted by molar-refractivity contribution is 0.562. The molecule has 3 heteroatoms. The van der Waals surface area contributed by atoms with E-state index in [0.717, 1.165) is 17.3 Å². The van der Waals surface area contributed by atoms with Crippen molar-refractivity contribution in [3.63, 3.8) is 0 Å². The first-order valence-electron chi connectivity index (χ1n) is 4.11. The van der Waals surface area contributed by atoms with Crippen LogP contribution in [0.25, 0.3) is 0 Å². The molecule has 1 aromatic carbocycles. The Morgan fingerprint density at radius 3 is 3.00 bits per heavy atom. The van der Waals surface area contributed by atoms with Crippen molar-refractivity contribution in [3.8, 4) is 0 Å². The molecule has 0 spiro atoms. The van der Waals surface area contributed by atoms with E-state index < -0.39 is 0 Å². The molecule has 0 N–H and O–H groups in total. The largest absolute Gasteiger partial charge is 0.234 e. The third-order valence-corrected chi connectivity index (χ3v) is 2.18. The maximum atomic E-state index is 9.77.